The lowest BCUT2D eigenvalue weighted by atomic mass is 10.1. The van der Waals surface area contributed by atoms with E-state index < -0.39 is 0 Å². The molecule has 0 radical (unpaired) electrons. The third-order valence-electron chi connectivity index (χ3n) is 1.68. The molecule has 4 heteroatoms. The molecule has 0 spiro atoms. The Morgan fingerprint density at radius 1 is 1.42 bits per heavy atom. The number of rotatable bonds is 2. The van der Waals surface area contributed by atoms with Gasteiger partial charge >= 0.3 is 0 Å². The minimum atomic E-state index is -0.210. The van der Waals surface area contributed by atoms with Crippen LogP contribution >= 0.6 is 11.6 Å². The van der Waals surface area contributed by atoms with E-state index in [0.29, 0.717) is 17.3 Å². The van der Waals surface area contributed by atoms with Crippen LogP contribution in [-0.2, 0) is 0 Å². The van der Waals surface area contributed by atoms with Crippen LogP contribution in [0.2, 0.25) is 5.02 Å². The fraction of sp³-hybridized carbons (Fsp3) is 0.250. The molecule has 1 rings (SSSR count). The topological polar surface area (TPSA) is 78.1 Å². The number of anilines is 1. The molecular formula is C8H12ClN3. The van der Waals surface area contributed by atoms with Gasteiger partial charge in [0.1, 0.15) is 0 Å². The molecule has 0 heterocycles. The van der Waals surface area contributed by atoms with E-state index in [4.69, 9.17) is 28.8 Å². The zero-order chi connectivity index (χ0) is 9.14. The first-order chi connectivity index (χ1) is 5.65. The zero-order valence-electron chi connectivity index (χ0n) is 6.63. The second kappa shape index (κ2) is 3.76. The van der Waals surface area contributed by atoms with Crippen molar-refractivity contribution in [2.24, 2.45) is 11.5 Å². The molecule has 0 aliphatic heterocycles. The first-order valence-electron chi connectivity index (χ1n) is 3.65. The van der Waals surface area contributed by atoms with Gasteiger partial charge in [-0.1, -0.05) is 17.7 Å². The van der Waals surface area contributed by atoms with Crippen molar-refractivity contribution >= 4 is 17.3 Å². The van der Waals surface area contributed by atoms with E-state index in [1.807, 2.05) is 0 Å². The van der Waals surface area contributed by atoms with Crippen LogP contribution in [0.25, 0.3) is 0 Å². The summed E-state index contributed by atoms with van der Waals surface area (Å²) in [5.41, 5.74) is 18.1. The maximum Gasteiger partial charge on any atom is 0.0474 e. The minimum absolute atomic E-state index is 0.210. The Labute approximate surface area is 76.5 Å². The number of nitrogens with two attached hydrogens (primary N) is 3. The van der Waals surface area contributed by atoms with Crippen molar-refractivity contribution in [1.29, 1.82) is 0 Å². The summed E-state index contributed by atoms with van der Waals surface area (Å²) >= 11 is 5.89. The van der Waals surface area contributed by atoms with E-state index in [9.17, 15) is 0 Å². The van der Waals surface area contributed by atoms with Gasteiger partial charge in [-0.2, -0.15) is 0 Å². The third kappa shape index (κ3) is 1.88. The average Bonchev–Trinajstić information content (AvgIpc) is 2.03. The summed E-state index contributed by atoms with van der Waals surface area (Å²) in [7, 11) is 0. The summed E-state index contributed by atoms with van der Waals surface area (Å²) in [6, 6.07) is 5.02. The Hall–Kier alpha value is -0.770. The third-order valence-corrected chi connectivity index (χ3v) is 2.01. The molecule has 0 aliphatic rings. The molecule has 12 heavy (non-hydrogen) atoms. The van der Waals surface area contributed by atoms with Crippen molar-refractivity contribution in [3.05, 3.63) is 28.8 Å². The van der Waals surface area contributed by atoms with Gasteiger partial charge < -0.3 is 17.2 Å². The number of halogens is 1. The van der Waals surface area contributed by atoms with E-state index >= 15 is 0 Å². The zero-order valence-corrected chi connectivity index (χ0v) is 7.38. The molecule has 66 valence electrons. The standard InChI is InChI=1S/C8H12ClN3/c9-7-3-5(11)1-2-6(7)8(12)4-10/h1-3,8H,4,10-12H2/t8-/m1/s1. The molecule has 0 aliphatic carbocycles. The van der Waals surface area contributed by atoms with E-state index in [2.05, 4.69) is 0 Å². The highest BCUT2D eigenvalue weighted by Gasteiger charge is 2.07. The SMILES string of the molecule is NC[C@@H](N)c1ccc(N)cc1Cl. The smallest absolute Gasteiger partial charge is 0.0474 e. The molecule has 0 bridgehead atoms. The van der Waals surface area contributed by atoms with E-state index in [1.165, 1.54) is 0 Å². The van der Waals surface area contributed by atoms with Crippen molar-refractivity contribution < 1.29 is 0 Å². The fourth-order valence-corrected chi connectivity index (χ4v) is 1.30. The second-order valence-electron chi connectivity index (χ2n) is 2.62. The van der Waals surface area contributed by atoms with E-state index in [-0.39, 0.29) is 6.04 Å². The highest BCUT2D eigenvalue weighted by Crippen LogP contribution is 2.23. The van der Waals surface area contributed by atoms with Gasteiger partial charge in [0.2, 0.25) is 0 Å². The molecule has 1 aromatic carbocycles. The summed E-state index contributed by atoms with van der Waals surface area (Å²) in [5, 5.41) is 0.577. The average molecular weight is 186 g/mol. The molecule has 0 saturated carbocycles. The van der Waals surface area contributed by atoms with Gasteiger partial charge in [0, 0.05) is 23.3 Å². The van der Waals surface area contributed by atoms with Crippen molar-refractivity contribution in [2.75, 3.05) is 12.3 Å². The number of benzene rings is 1. The van der Waals surface area contributed by atoms with Crippen LogP contribution in [0.4, 0.5) is 5.69 Å². The normalized spacial score (nSPS) is 12.9. The summed E-state index contributed by atoms with van der Waals surface area (Å²) in [6.45, 7) is 0.379. The van der Waals surface area contributed by atoms with E-state index in [1.54, 1.807) is 18.2 Å². The Kier molecular flexibility index (Phi) is 2.92. The van der Waals surface area contributed by atoms with Gasteiger partial charge in [-0.3, -0.25) is 0 Å². The molecule has 0 amide bonds. The van der Waals surface area contributed by atoms with Crippen LogP contribution in [0.5, 0.6) is 0 Å². The molecule has 0 aromatic heterocycles. The van der Waals surface area contributed by atoms with Gasteiger partial charge in [-0.05, 0) is 17.7 Å². The van der Waals surface area contributed by atoms with Crippen LogP contribution in [0.3, 0.4) is 0 Å². The van der Waals surface area contributed by atoms with Crippen molar-refractivity contribution in [1.82, 2.24) is 0 Å². The summed E-state index contributed by atoms with van der Waals surface area (Å²) in [5.74, 6) is 0. The first-order valence-corrected chi connectivity index (χ1v) is 4.03. The van der Waals surface area contributed by atoms with Crippen molar-refractivity contribution in [3.63, 3.8) is 0 Å². The Morgan fingerprint density at radius 3 is 2.58 bits per heavy atom. The summed E-state index contributed by atoms with van der Waals surface area (Å²) in [6.07, 6.45) is 0. The Bertz CT molecular complexity index is 275. The van der Waals surface area contributed by atoms with Gasteiger partial charge in [-0.25, -0.2) is 0 Å². The molecular weight excluding hydrogens is 174 g/mol. The van der Waals surface area contributed by atoms with Crippen molar-refractivity contribution in [3.8, 4) is 0 Å². The maximum absolute atomic E-state index is 5.89. The number of nitrogen functional groups attached to an aromatic ring is 1. The van der Waals surface area contributed by atoms with Crippen LogP contribution in [0.15, 0.2) is 18.2 Å². The Morgan fingerprint density at radius 2 is 2.08 bits per heavy atom. The monoisotopic (exact) mass is 185 g/mol. The fourth-order valence-electron chi connectivity index (χ4n) is 0.971. The highest BCUT2D eigenvalue weighted by molar-refractivity contribution is 6.31. The second-order valence-corrected chi connectivity index (χ2v) is 3.03. The van der Waals surface area contributed by atoms with Gasteiger partial charge in [0.25, 0.3) is 0 Å². The predicted octanol–water partition coefficient (Wildman–Crippen LogP) is 0.881. The minimum Gasteiger partial charge on any atom is -0.399 e. The van der Waals surface area contributed by atoms with Gasteiger partial charge in [0.05, 0.1) is 0 Å². The van der Waals surface area contributed by atoms with E-state index in [0.717, 1.165) is 5.56 Å². The van der Waals surface area contributed by atoms with Crippen LogP contribution in [0.1, 0.15) is 11.6 Å². The van der Waals surface area contributed by atoms with Crippen LogP contribution in [0, 0.1) is 0 Å². The van der Waals surface area contributed by atoms with Gasteiger partial charge in [-0.15, -0.1) is 0 Å². The summed E-state index contributed by atoms with van der Waals surface area (Å²) < 4.78 is 0. The lowest BCUT2D eigenvalue weighted by Crippen LogP contribution is -2.21. The predicted molar refractivity (Wildman–Crippen MR) is 51.8 cm³/mol. The summed E-state index contributed by atoms with van der Waals surface area (Å²) in [4.78, 5) is 0. The number of hydrogen-bond acceptors (Lipinski definition) is 3. The maximum atomic E-state index is 5.89. The Balaban J connectivity index is 3.01. The lowest BCUT2D eigenvalue weighted by Gasteiger charge is -2.10. The first kappa shape index (κ1) is 9.32. The molecule has 1 aromatic rings. The largest absolute Gasteiger partial charge is 0.399 e. The molecule has 6 N–H and O–H groups in total. The molecule has 0 fully saturated rings. The van der Waals surface area contributed by atoms with Crippen LogP contribution < -0.4 is 17.2 Å². The van der Waals surface area contributed by atoms with Gasteiger partial charge in [0.15, 0.2) is 0 Å². The van der Waals surface area contributed by atoms with Crippen molar-refractivity contribution in [2.45, 2.75) is 6.04 Å². The lowest BCUT2D eigenvalue weighted by molar-refractivity contribution is 0.737. The highest BCUT2D eigenvalue weighted by atomic mass is 35.5. The molecule has 1 atom stereocenters. The van der Waals surface area contributed by atoms with Crippen LogP contribution in [-0.4, -0.2) is 6.54 Å². The number of hydrogen-bond donors (Lipinski definition) is 3. The molecule has 0 unspecified atom stereocenters. The molecule has 0 saturated heterocycles. The molecule has 3 nitrogen and oxygen atoms in total. The quantitative estimate of drug-likeness (QED) is 0.599.